The van der Waals surface area contributed by atoms with Crippen LogP contribution in [0.25, 0.3) is 11.4 Å². The Bertz CT molecular complexity index is 952. The average molecular weight is 396 g/mol. The van der Waals surface area contributed by atoms with Crippen LogP contribution in [0.4, 0.5) is 0 Å². The van der Waals surface area contributed by atoms with Crippen LogP contribution >= 0.6 is 11.6 Å². The quantitative estimate of drug-likeness (QED) is 0.674. The maximum absolute atomic E-state index is 13.2. The molecule has 0 spiro atoms. The van der Waals surface area contributed by atoms with Crippen molar-refractivity contribution >= 4 is 17.5 Å². The van der Waals surface area contributed by atoms with E-state index in [0.29, 0.717) is 41.1 Å². The zero-order chi connectivity index (χ0) is 19.3. The number of rotatable bonds is 4. The highest BCUT2D eigenvalue weighted by molar-refractivity contribution is 6.30. The first-order chi connectivity index (χ1) is 13.7. The van der Waals surface area contributed by atoms with Crippen molar-refractivity contribution in [2.45, 2.75) is 18.9 Å². The summed E-state index contributed by atoms with van der Waals surface area (Å²) in [4.78, 5) is 31.9. The second kappa shape index (κ2) is 8.31. The highest BCUT2D eigenvalue weighted by Crippen LogP contribution is 2.23. The van der Waals surface area contributed by atoms with E-state index in [2.05, 4.69) is 19.9 Å². The monoisotopic (exact) mass is 395 g/mol. The summed E-state index contributed by atoms with van der Waals surface area (Å²) in [6.07, 6.45) is 8.00. The molecule has 3 aromatic heterocycles. The molecule has 0 aliphatic carbocycles. The molecule has 1 atom stereocenters. The van der Waals surface area contributed by atoms with E-state index in [4.69, 9.17) is 16.3 Å². The van der Waals surface area contributed by atoms with Gasteiger partial charge < -0.3 is 9.64 Å². The first kappa shape index (κ1) is 18.3. The number of aromatic nitrogens is 4. The molecule has 0 bridgehead atoms. The van der Waals surface area contributed by atoms with Crippen molar-refractivity contribution in [1.82, 2.24) is 24.8 Å². The summed E-state index contributed by atoms with van der Waals surface area (Å²) in [5.41, 5.74) is 0.967. The molecule has 1 unspecified atom stereocenters. The van der Waals surface area contributed by atoms with Gasteiger partial charge in [-0.05, 0) is 37.1 Å². The fourth-order valence-electron chi connectivity index (χ4n) is 3.17. The van der Waals surface area contributed by atoms with Gasteiger partial charge in [0.15, 0.2) is 5.82 Å². The van der Waals surface area contributed by atoms with E-state index < -0.39 is 0 Å². The number of carbonyl (C=O) groups excluding carboxylic acids is 1. The number of hydrogen-bond donors (Lipinski definition) is 0. The Morgan fingerprint density at radius 2 is 1.89 bits per heavy atom. The summed E-state index contributed by atoms with van der Waals surface area (Å²) in [6, 6.07) is 8.78. The fraction of sp³-hybridized carbons (Fsp3) is 0.250. The van der Waals surface area contributed by atoms with E-state index in [1.54, 1.807) is 54.0 Å². The number of hydrogen-bond acceptors (Lipinski definition) is 6. The van der Waals surface area contributed by atoms with Gasteiger partial charge in [-0.25, -0.2) is 15.0 Å². The van der Waals surface area contributed by atoms with Crippen molar-refractivity contribution in [3.63, 3.8) is 0 Å². The van der Waals surface area contributed by atoms with Gasteiger partial charge >= 0.3 is 0 Å². The van der Waals surface area contributed by atoms with Crippen LogP contribution in [0.3, 0.4) is 0 Å². The van der Waals surface area contributed by atoms with Gasteiger partial charge in [-0.1, -0.05) is 11.6 Å². The van der Waals surface area contributed by atoms with Gasteiger partial charge in [0.1, 0.15) is 11.8 Å². The summed E-state index contributed by atoms with van der Waals surface area (Å²) in [5.74, 6) is 0.828. The van der Waals surface area contributed by atoms with Crippen LogP contribution in [-0.4, -0.2) is 49.9 Å². The molecule has 8 heteroatoms. The summed E-state index contributed by atoms with van der Waals surface area (Å²) >= 11 is 5.86. The van der Waals surface area contributed by atoms with Gasteiger partial charge in [0.05, 0.1) is 17.1 Å². The molecule has 3 aromatic rings. The number of ether oxygens (including phenoxy) is 1. The smallest absolute Gasteiger partial charge is 0.273 e. The predicted molar refractivity (Wildman–Crippen MR) is 104 cm³/mol. The zero-order valence-electron chi connectivity index (χ0n) is 15.0. The number of piperidine rings is 1. The number of nitrogens with zero attached hydrogens (tertiary/aromatic N) is 5. The highest BCUT2D eigenvalue weighted by atomic mass is 35.5. The lowest BCUT2D eigenvalue weighted by Crippen LogP contribution is -2.44. The van der Waals surface area contributed by atoms with Gasteiger partial charge in [0.2, 0.25) is 5.88 Å². The third-order valence-electron chi connectivity index (χ3n) is 4.47. The van der Waals surface area contributed by atoms with E-state index in [0.717, 1.165) is 12.8 Å². The summed E-state index contributed by atoms with van der Waals surface area (Å²) < 4.78 is 5.93. The SMILES string of the molecule is O=C(c1ncccc1-c1ncccn1)N1CCCC(Oc2ccc(Cl)cn2)C1. The maximum Gasteiger partial charge on any atom is 0.273 e. The normalized spacial score (nSPS) is 16.6. The number of likely N-dealkylation sites (tertiary alicyclic amines) is 1. The molecule has 0 radical (unpaired) electrons. The Balaban J connectivity index is 1.51. The van der Waals surface area contributed by atoms with E-state index in [-0.39, 0.29) is 12.0 Å². The minimum absolute atomic E-state index is 0.133. The standard InChI is InChI=1S/C20H18ClN5O2/c21-14-6-7-17(25-12-14)28-15-4-2-11-26(13-15)20(27)18-16(5-1-8-22-18)19-23-9-3-10-24-19/h1,3,5-10,12,15H,2,4,11,13H2. The van der Waals surface area contributed by atoms with Crippen molar-refractivity contribution in [1.29, 1.82) is 0 Å². The molecular formula is C20H18ClN5O2. The second-order valence-corrected chi connectivity index (χ2v) is 6.86. The topological polar surface area (TPSA) is 81.1 Å². The second-order valence-electron chi connectivity index (χ2n) is 6.42. The van der Waals surface area contributed by atoms with Gasteiger partial charge in [0.25, 0.3) is 5.91 Å². The van der Waals surface area contributed by atoms with Crippen molar-refractivity contribution in [2.24, 2.45) is 0 Å². The summed E-state index contributed by atoms with van der Waals surface area (Å²) in [6.45, 7) is 1.12. The average Bonchev–Trinajstić information content (AvgIpc) is 2.76. The van der Waals surface area contributed by atoms with Gasteiger partial charge in [0, 0.05) is 37.4 Å². The molecule has 28 heavy (non-hydrogen) atoms. The molecule has 1 aliphatic heterocycles. The van der Waals surface area contributed by atoms with Crippen LogP contribution < -0.4 is 4.74 Å². The number of halogens is 1. The molecule has 142 valence electrons. The Labute approximate surface area is 167 Å². The van der Waals surface area contributed by atoms with Crippen LogP contribution in [0.15, 0.2) is 55.1 Å². The van der Waals surface area contributed by atoms with Gasteiger partial charge in [-0.3, -0.25) is 9.78 Å². The molecular weight excluding hydrogens is 378 g/mol. The van der Waals surface area contributed by atoms with Crippen molar-refractivity contribution in [2.75, 3.05) is 13.1 Å². The molecule has 4 heterocycles. The lowest BCUT2D eigenvalue weighted by Gasteiger charge is -2.32. The minimum atomic E-state index is -0.152. The summed E-state index contributed by atoms with van der Waals surface area (Å²) in [5, 5.41) is 0.554. The molecule has 1 saturated heterocycles. The molecule has 1 fully saturated rings. The lowest BCUT2D eigenvalue weighted by atomic mass is 10.1. The van der Waals surface area contributed by atoms with Gasteiger partial charge in [-0.15, -0.1) is 0 Å². The Kier molecular flexibility index (Phi) is 5.43. The van der Waals surface area contributed by atoms with Crippen molar-refractivity contribution in [3.05, 3.63) is 65.8 Å². The lowest BCUT2D eigenvalue weighted by molar-refractivity contribution is 0.0523. The van der Waals surface area contributed by atoms with Crippen LogP contribution in [0.2, 0.25) is 5.02 Å². The van der Waals surface area contributed by atoms with E-state index in [9.17, 15) is 4.79 Å². The molecule has 1 amide bonds. The summed E-state index contributed by atoms with van der Waals surface area (Å²) in [7, 11) is 0. The Morgan fingerprint density at radius 1 is 1.07 bits per heavy atom. The van der Waals surface area contributed by atoms with Crippen molar-refractivity contribution < 1.29 is 9.53 Å². The van der Waals surface area contributed by atoms with Gasteiger partial charge in [-0.2, -0.15) is 0 Å². The molecule has 0 aromatic carbocycles. The molecule has 4 rings (SSSR count). The highest BCUT2D eigenvalue weighted by Gasteiger charge is 2.28. The van der Waals surface area contributed by atoms with Crippen LogP contribution in [0, 0.1) is 0 Å². The number of pyridine rings is 2. The zero-order valence-corrected chi connectivity index (χ0v) is 15.8. The molecule has 1 aliphatic rings. The van der Waals surface area contributed by atoms with E-state index in [1.807, 2.05) is 6.07 Å². The van der Waals surface area contributed by atoms with Crippen molar-refractivity contribution in [3.8, 4) is 17.3 Å². The predicted octanol–water partition coefficient (Wildman–Crippen LogP) is 3.27. The number of carbonyl (C=O) groups is 1. The third-order valence-corrected chi connectivity index (χ3v) is 4.69. The maximum atomic E-state index is 13.2. The van der Waals surface area contributed by atoms with Crippen LogP contribution in [0.1, 0.15) is 23.3 Å². The van der Waals surface area contributed by atoms with Crippen LogP contribution in [0.5, 0.6) is 5.88 Å². The third kappa shape index (κ3) is 4.09. The van der Waals surface area contributed by atoms with E-state index >= 15 is 0 Å². The first-order valence-corrected chi connectivity index (χ1v) is 9.38. The Morgan fingerprint density at radius 3 is 2.68 bits per heavy atom. The number of amides is 1. The first-order valence-electron chi connectivity index (χ1n) is 9.00. The minimum Gasteiger partial charge on any atom is -0.472 e. The largest absolute Gasteiger partial charge is 0.472 e. The van der Waals surface area contributed by atoms with E-state index in [1.165, 1.54) is 0 Å². The van der Waals surface area contributed by atoms with Crippen LogP contribution in [-0.2, 0) is 0 Å². The molecule has 7 nitrogen and oxygen atoms in total. The molecule has 0 N–H and O–H groups in total. The fourth-order valence-corrected chi connectivity index (χ4v) is 3.28. The molecule has 0 saturated carbocycles. The Hall–Kier alpha value is -3.06.